The summed E-state index contributed by atoms with van der Waals surface area (Å²) in [6, 6.07) is 8.44. The summed E-state index contributed by atoms with van der Waals surface area (Å²) in [6.07, 6.45) is 0. The van der Waals surface area contributed by atoms with Crippen molar-refractivity contribution < 1.29 is 9.59 Å². The molecule has 0 saturated carbocycles. The minimum absolute atomic E-state index is 0.122. The summed E-state index contributed by atoms with van der Waals surface area (Å²) in [6.45, 7) is 1.48. The zero-order chi connectivity index (χ0) is 12.0. The summed E-state index contributed by atoms with van der Waals surface area (Å²) in [5, 5.41) is 5.15. The first-order valence-corrected chi connectivity index (χ1v) is 4.99. The molecule has 0 saturated heterocycles. The number of hydrogen-bond acceptors (Lipinski definition) is 3. The van der Waals surface area contributed by atoms with Crippen LogP contribution in [0.4, 0.5) is 5.69 Å². The fraction of sp³-hybridized carbons (Fsp3) is 0.273. The van der Waals surface area contributed by atoms with E-state index in [1.807, 2.05) is 18.2 Å². The van der Waals surface area contributed by atoms with E-state index in [4.69, 9.17) is 5.73 Å². The van der Waals surface area contributed by atoms with E-state index in [1.165, 1.54) is 0 Å². The number of hydrogen-bond donors (Lipinski definition) is 3. The number of para-hydroxylation sites is 1. The number of benzene rings is 1. The van der Waals surface area contributed by atoms with Crippen LogP contribution in [0, 0.1) is 0 Å². The second-order valence-electron chi connectivity index (χ2n) is 3.35. The fourth-order valence-corrected chi connectivity index (χ4v) is 1.14. The van der Waals surface area contributed by atoms with Gasteiger partial charge in [0.05, 0.1) is 6.54 Å². The first kappa shape index (κ1) is 12.2. The topological polar surface area (TPSA) is 84.2 Å². The number of nitrogens with two attached hydrogens (primary N) is 1. The Morgan fingerprint density at radius 1 is 1.31 bits per heavy atom. The molecule has 0 aliphatic heterocycles. The van der Waals surface area contributed by atoms with Gasteiger partial charge in [-0.05, 0) is 19.1 Å². The summed E-state index contributed by atoms with van der Waals surface area (Å²) < 4.78 is 0. The zero-order valence-electron chi connectivity index (χ0n) is 9.07. The second-order valence-corrected chi connectivity index (χ2v) is 3.35. The third-order valence-corrected chi connectivity index (χ3v) is 2.00. The molecule has 1 aromatic rings. The summed E-state index contributed by atoms with van der Waals surface area (Å²) in [4.78, 5) is 22.6. The highest BCUT2D eigenvalue weighted by molar-refractivity contribution is 5.97. The van der Waals surface area contributed by atoms with Gasteiger partial charge < -0.3 is 16.4 Å². The minimum Gasteiger partial charge on any atom is -0.343 e. The molecular formula is C11H15N3O2. The number of rotatable bonds is 4. The molecule has 0 fully saturated rings. The minimum atomic E-state index is -0.601. The highest BCUT2D eigenvalue weighted by Gasteiger charge is 2.14. The maximum Gasteiger partial charge on any atom is 0.246 e. The molecule has 0 unspecified atom stereocenters. The molecule has 16 heavy (non-hydrogen) atoms. The molecule has 0 aliphatic carbocycles. The molecule has 1 rings (SSSR count). The number of anilines is 1. The van der Waals surface area contributed by atoms with E-state index >= 15 is 0 Å². The van der Waals surface area contributed by atoms with Crippen LogP contribution in [0.3, 0.4) is 0 Å². The second kappa shape index (κ2) is 5.87. The van der Waals surface area contributed by atoms with Gasteiger partial charge in [-0.1, -0.05) is 18.2 Å². The lowest BCUT2D eigenvalue weighted by Gasteiger charge is -2.13. The fourth-order valence-electron chi connectivity index (χ4n) is 1.14. The van der Waals surface area contributed by atoms with Crippen LogP contribution < -0.4 is 16.4 Å². The number of carbonyl (C=O) groups excluding carboxylic acids is 2. The van der Waals surface area contributed by atoms with E-state index in [2.05, 4.69) is 10.6 Å². The van der Waals surface area contributed by atoms with Crippen molar-refractivity contribution in [2.45, 2.75) is 13.0 Å². The van der Waals surface area contributed by atoms with Crippen LogP contribution in [0.15, 0.2) is 30.3 Å². The molecule has 5 heteroatoms. The first-order valence-electron chi connectivity index (χ1n) is 4.99. The quantitative estimate of drug-likeness (QED) is 0.673. The molecule has 0 bridgehead atoms. The Labute approximate surface area is 94.0 Å². The molecule has 0 heterocycles. The highest BCUT2D eigenvalue weighted by atomic mass is 16.2. The smallest absolute Gasteiger partial charge is 0.246 e. The molecule has 1 aromatic carbocycles. The van der Waals surface area contributed by atoms with Crippen LogP contribution in [-0.2, 0) is 9.59 Å². The number of amides is 2. The lowest BCUT2D eigenvalue weighted by atomic mass is 10.2. The van der Waals surface area contributed by atoms with Crippen molar-refractivity contribution >= 4 is 17.5 Å². The Morgan fingerprint density at radius 2 is 1.94 bits per heavy atom. The van der Waals surface area contributed by atoms with E-state index in [0.717, 1.165) is 0 Å². The normalized spacial score (nSPS) is 11.6. The average Bonchev–Trinajstić information content (AvgIpc) is 2.30. The Balaban J connectivity index is 2.49. The van der Waals surface area contributed by atoms with E-state index in [9.17, 15) is 9.59 Å². The third kappa shape index (κ3) is 3.70. The lowest BCUT2D eigenvalue weighted by Crippen LogP contribution is -2.44. The molecule has 1 atom stereocenters. The van der Waals surface area contributed by atoms with Crippen LogP contribution in [0.1, 0.15) is 6.92 Å². The van der Waals surface area contributed by atoms with Gasteiger partial charge in [0.1, 0.15) is 6.04 Å². The lowest BCUT2D eigenvalue weighted by molar-refractivity contribution is -0.125. The van der Waals surface area contributed by atoms with Crippen molar-refractivity contribution in [3.63, 3.8) is 0 Å². The Bertz CT molecular complexity index is 365. The predicted molar refractivity (Wildman–Crippen MR) is 61.7 cm³/mol. The van der Waals surface area contributed by atoms with Gasteiger partial charge in [0.2, 0.25) is 11.8 Å². The zero-order valence-corrected chi connectivity index (χ0v) is 9.07. The van der Waals surface area contributed by atoms with Crippen LogP contribution in [0.25, 0.3) is 0 Å². The summed E-state index contributed by atoms with van der Waals surface area (Å²) >= 11 is 0. The molecular weight excluding hydrogens is 206 g/mol. The molecule has 0 aromatic heterocycles. The standard InChI is InChI=1S/C11H15N3O2/c1-8(13-10(15)7-12)11(16)14-9-5-3-2-4-6-9/h2-6,8H,7,12H2,1H3,(H,13,15)(H,14,16)/t8-/m1/s1. The van der Waals surface area contributed by atoms with Gasteiger partial charge in [-0.15, -0.1) is 0 Å². The van der Waals surface area contributed by atoms with Crippen molar-refractivity contribution in [2.24, 2.45) is 5.73 Å². The van der Waals surface area contributed by atoms with Crippen LogP contribution in [0.2, 0.25) is 0 Å². The first-order chi connectivity index (χ1) is 7.63. The average molecular weight is 221 g/mol. The Hall–Kier alpha value is -1.88. The van der Waals surface area contributed by atoms with Crippen molar-refractivity contribution in [3.05, 3.63) is 30.3 Å². The van der Waals surface area contributed by atoms with Crippen molar-refractivity contribution in [3.8, 4) is 0 Å². The Morgan fingerprint density at radius 3 is 2.50 bits per heavy atom. The van der Waals surface area contributed by atoms with Crippen molar-refractivity contribution in [1.29, 1.82) is 0 Å². The number of carbonyl (C=O) groups is 2. The predicted octanol–water partition coefficient (Wildman–Crippen LogP) is 0.0885. The molecule has 5 nitrogen and oxygen atoms in total. The van der Waals surface area contributed by atoms with Crippen LogP contribution in [0.5, 0.6) is 0 Å². The summed E-state index contributed by atoms with van der Waals surface area (Å²) in [7, 11) is 0. The Kier molecular flexibility index (Phi) is 4.47. The van der Waals surface area contributed by atoms with E-state index in [-0.39, 0.29) is 18.4 Å². The van der Waals surface area contributed by atoms with Gasteiger partial charge in [0.25, 0.3) is 0 Å². The van der Waals surface area contributed by atoms with Gasteiger partial charge in [-0.3, -0.25) is 9.59 Å². The van der Waals surface area contributed by atoms with Gasteiger partial charge in [-0.25, -0.2) is 0 Å². The maximum absolute atomic E-state index is 11.6. The van der Waals surface area contributed by atoms with Gasteiger partial charge in [0.15, 0.2) is 0 Å². The van der Waals surface area contributed by atoms with Crippen molar-refractivity contribution in [2.75, 3.05) is 11.9 Å². The van der Waals surface area contributed by atoms with Gasteiger partial charge in [-0.2, -0.15) is 0 Å². The molecule has 0 aliphatic rings. The monoisotopic (exact) mass is 221 g/mol. The summed E-state index contributed by atoms with van der Waals surface area (Å²) in [5.74, 6) is -0.622. The van der Waals surface area contributed by atoms with Gasteiger partial charge >= 0.3 is 0 Å². The third-order valence-electron chi connectivity index (χ3n) is 2.00. The number of nitrogens with one attached hydrogen (secondary N) is 2. The summed E-state index contributed by atoms with van der Waals surface area (Å²) in [5.41, 5.74) is 5.82. The molecule has 0 spiro atoms. The van der Waals surface area contributed by atoms with Crippen LogP contribution >= 0.6 is 0 Å². The van der Waals surface area contributed by atoms with Gasteiger partial charge in [0, 0.05) is 5.69 Å². The van der Waals surface area contributed by atoms with Crippen LogP contribution in [-0.4, -0.2) is 24.4 Å². The van der Waals surface area contributed by atoms with E-state index < -0.39 is 6.04 Å². The van der Waals surface area contributed by atoms with E-state index in [0.29, 0.717) is 5.69 Å². The molecule has 0 radical (unpaired) electrons. The molecule has 86 valence electrons. The molecule has 4 N–H and O–H groups in total. The maximum atomic E-state index is 11.6. The van der Waals surface area contributed by atoms with E-state index in [1.54, 1.807) is 19.1 Å². The van der Waals surface area contributed by atoms with Crippen molar-refractivity contribution in [1.82, 2.24) is 5.32 Å². The SMILES string of the molecule is C[C@@H](NC(=O)CN)C(=O)Nc1ccccc1. The largest absolute Gasteiger partial charge is 0.343 e. The highest BCUT2D eigenvalue weighted by Crippen LogP contribution is 2.05. The molecule has 2 amide bonds.